The van der Waals surface area contributed by atoms with Gasteiger partial charge < -0.3 is 4.57 Å². The lowest BCUT2D eigenvalue weighted by Crippen LogP contribution is -1.95. The summed E-state index contributed by atoms with van der Waals surface area (Å²) in [5.41, 5.74) is 1.15. The standard InChI is InChI=1S/C8H12N2/c1-6-3-8-9-7(2)5-10(8)4-6/h5-6H,3-4H2,1-2H3. The number of nitrogens with zero attached hydrogens (tertiary/aromatic N) is 2. The molecule has 0 N–H and O–H groups in total. The van der Waals surface area contributed by atoms with Gasteiger partial charge in [-0.05, 0) is 12.8 Å². The SMILES string of the molecule is Cc1cn2c(n1)CC(C)C2. The molecule has 10 heavy (non-hydrogen) atoms. The molecule has 2 nitrogen and oxygen atoms in total. The van der Waals surface area contributed by atoms with E-state index in [-0.39, 0.29) is 0 Å². The molecule has 2 heteroatoms. The first-order chi connectivity index (χ1) is 4.75. The van der Waals surface area contributed by atoms with Gasteiger partial charge >= 0.3 is 0 Å². The van der Waals surface area contributed by atoms with Gasteiger partial charge in [0.1, 0.15) is 5.82 Å². The Kier molecular flexibility index (Phi) is 1.10. The Morgan fingerprint density at radius 2 is 2.50 bits per heavy atom. The summed E-state index contributed by atoms with van der Waals surface area (Å²) in [6.45, 7) is 5.48. The van der Waals surface area contributed by atoms with Gasteiger partial charge in [0.05, 0.1) is 5.69 Å². The predicted octanol–water partition coefficient (Wildman–Crippen LogP) is 1.38. The van der Waals surface area contributed by atoms with Crippen LogP contribution in [0.3, 0.4) is 0 Å². The highest BCUT2D eigenvalue weighted by atomic mass is 15.1. The first-order valence-corrected chi connectivity index (χ1v) is 3.78. The van der Waals surface area contributed by atoms with E-state index in [0.29, 0.717) is 0 Å². The summed E-state index contributed by atoms with van der Waals surface area (Å²) in [6.07, 6.45) is 3.30. The maximum Gasteiger partial charge on any atom is 0.109 e. The van der Waals surface area contributed by atoms with Gasteiger partial charge in [0, 0.05) is 19.2 Å². The molecule has 54 valence electrons. The minimum absolute atomic E-state index is 0.795. The molecule has 0 fully saturated rings. The van der Waals surface area contributed by atoms with E-state index in [4.69, 9.17) is 0 Å². The molecule has 1 aliphatic heterocycles. The first kappa shape index (κ1) is 5.96. The average molecular weight is 136 g/mol. The fourth-order valence-corrected chi connectivity index (χ4v) is 1.63. The number of hydrogen-bond donors (Lipinski definition) is 0. The van der Waals surface area contributed by atoms with Crippen molar-refractivity contribution in [3.63, 3.8) is 0 Å². The van der Waals surface area contributed by atoms with Crippen LogP contribution in [0.25, 0.3) is 0 Å². The molecule has 0 amide bonds. The Morgan fingerprint density at radius 1 is 1.70 bits per heavy atom. The highest BCUT2D eigenvalue weighted by Gasteiger charge is 2.18. The van der Waals surface area contributed by atoms with Crippen molar-refractivity contribution in [2.24, 2.45) is 5.92 Å². The van der Waals surface area contributed by atoms with E-state index in [1.54, 1.807) is 0 Å². The Labute approximate surface area is 60.9 Å². The van der Waals surface area contributed by atoms with Gasteiger partial charge in [-0.15, -0.1) is 0 Å². The fraction of sp³-hybridized carbons (Fsp3) is 0.625. The number of imidazole rings is 1. The second-order valence-corrected chi connectivity index (χ2v) is 3.26. The van der Waals surface area contributed by atoms with Crippen LogP contribution in [0.2, 0.25) is 0 Å². The summed E-state index contributed by atoms with van der Waals surface area (Å²) in [5.74, 6) is 2.06. The second-order valence-electron chi connectivity index (χ2n) is 3.26. The summed E-state index contributed by atoms with van der Waals surface area (Å²) in [4.78, 5) is 4.40. The molecule has 1 atom stereocenters. The Hall–Kier alpha value is -0.790. The van der Waals surface area contributed by atoms with Crippen molar-refractivity contribution in [2.75, 3.05) is 0 Å². The number of aromatic nitrogens is 2. The zero-order chi connectivity index (χ0) is 7.14. The molecule has 1 aromatic heterocycles. The van der Waals surface area contributed by atoms with E-state index in [1.165, 1.54) is 5.82 Å². The van der Waals surface area contributed by atoms with E-state index < -0.39 is 0 Å². The molecular formula is C8H12N2. The minimum atomic E-state index is 0.795. The number of rotatable bonds is 0. The monoisotopic (exact) mass is 136 g/mol. The van der Waals surface area contributed by atoms with Gasteiger partial charge in [-0.1, -0.05) is 6.92 Å². The molecule has 0 bridgehead atoms. The van der Waals surface area contributed by atoms with Crippen molar-refractivity contribution in [3.05, 3.63) is 17.7 Å². The van der Waals surface area contributed by atoms with E-state index >= 15 is 0 Å². The lowest BCUT2D eigenvalue weighted by atomic mass is 10.1. The van der Waals surface area contributed by atoms with Gasteiger partial charge in [0.2, 0.25) is 0 Å². The van der Waals surface area contributed by atoms with Crippen LogP contribution < -0.4 is 0 Å². The quantitative estimate of drug-likeness (QED) is 0.527. The molecule has 2 rings (SSSR count). The van der Waals surface area contributed by atoms with Gasteiger partial charge in [0.25, 0.3) is 0 Å². The van der Waals surface area contributed by atoms with Crippen molar-refractivity contribution in [2.45, 2.75) is 26.8 Å². The van der Waals surface area contributed by atoms with Crippen LogP contribution in [0.5, 0.6) is 0 Å². The van der Waals surface area contributed by atoms with Crippen LogP contribution in [0.1, 0.15) is 18.4 Å². The van der Waals surface area contributed by atoms with Crippen molar-refractivity contribution in [3.8, 4) is 0 Å². The molecule has 0 saturated heterocycles. The number of fused-ring (bicyclic) bond motifs is 1. The largest absolute Gasteiger partial charge is 0.334 e. The molecule has 0 saturated carbocycles. The van der Waals surface area contributed by atoms with Crippen LogP contribution in [-0.2, 0) is 13.0 Å². The van der Waals surface area contributed by atoms with Crippen molar-refractivity contribution in [1.82, 2.24) is 9.55 Å². The second kappa shape index (κ2) is 1.84. The summed E-state index contributed by atoms with van der Waals surface area (Å²) in [6, 6.07) is 0. The molecule has 0 spiro atoms. The van der Waals surface area contributed by atoms with Crippen LogP contribution in [0.4, 0.5) is 0 Å². The third-order valence-corrected chi connectivity index (χ3v) is 2.02. The lowest BCUT2D eigenvalue weighted by Gasteiger charge is -1.96. The predicted molar refractivity (Wildman–Crippen MR) is 39.8 cm³/mol. The maximum absolute atomic E-state index is 4.40. The number of hydrogen-bond acceptors (Lipinski definition) is 1. The maximum atomic E-state index is 4.40. The third kappa shape index (κ3) is 0.753. The summed E-state index contributed by atoms with van der Waals surface area (Å²) >= 11 is 0. The van der Waals surface area contributed by atoms with Gasteiger partial charge in [0.15, 0.2) is 0 Å². The molecule has 0 aromatic carbocycles. The zero-order valence-corrected chi connectivity index (χ0v) is 6.46. The van der Waals surface area contributed by atoms with E-state index in [0.717, 1.165) is 24.6 Å². The van der Waals surface area contributed by atoms with Gasteiger partial charge in [-0.3, -0.25) is 0 Å². The smallest absolute Gasteiger partial charge is 0.109 e. The zero-order valence-electron chi connectivity index (χ0n) is 6.46. The molecule has 0 aliphatic carbocycles. The van der Waals surface area contributed by atoms with Gasteiger partial charge in [-0.25, -0.2) is 4.98 Å². The number of aryl methyl sites for hydroxylation is 1. The topological polar surface area (TPSA) is 17.8 Å². The van der Waals surface area contributed by atoms with Crippen LogP contribution in [-0.4, -0.2) is 9.55 Å². The Bertz CT molecular complexity index is 226. The summed E-state index contributed by atoms with van der Waals surface area (Å²) in [5, 5.41) is 0. The first-order valence-electron chi connectivity index (χ1n) is 3.78. The van der Waals surface area contributed by atoms with Crippen LogP contribution in [0.15, 0.2) is 6.20 Å². The van der Waals surface area contributed by atoms with E-state index in [2.05, 4.69) is 29.6 Å². The summed E-state index contributed by atoms with van der Waals surface area (Å²) in [7, 11) is 0. The Balaban J connectivity index is 2.39. The normalized spacial score (nSPS) is 23.2. The molecular weight excluding hydrogens is 124 g/mol. The third-order valence-electron chi connectivity index (χ3n) is 2.02. The van der Waals surface area contributed by atoms with Crippen LogP contribution >= 0.6 is 0 Å². The lowest BCUT2D eigenvalue weighted by molar-refractivity contribution is 0.562. The molecule has 0 radical (unpaired) electrons. The average Bonchev–Trinajstić information content (AvgIpc) is 2.21. The van der Waals surface area contributed by atoms with Crippen molar-refractivity contribution in [1.29, 1.82) is 0 Å². The molecule has 1 unspecified atom stereocenters. The van der Waals surface area contributed by atoms with E-state index in [9.17, 15) is 0 Å². The van der Waals surface area contributed by atoms with Gasteiger partial charge in [-0.2, -0.15) is 0 Å². The van der Waals surface area contributed by atoms with E-state index in [1.807, 2.05) is 0 Å². The van der Waals surface area contributed by atoms with Crippen molar-refractivity contribution >= 4 is 0 Å². The fourth-order valence-electron chi connectivity index (χ4n) is 1.63. The highest BCUT2D eigenvalue weighted by Crippen LogP contribution is 2.18. The molecule has 2 heterocycles. The minimum Gasteiger partial charge on any atom is -0.334 e. The highest BCUT2D eigenvalue weighted by molar-refractivity contribution is 5.06. The summed E-state index contributed by atoms with van der Waals surface area (Å²) < 4.78 is 2.26. The molecule has 1 aromatic rings. The van der Waals surface area contributed by atoms with Crippen LogP contribution in [0, 0.1) is 12.8 Å². The Morgan fingerprint density at radius 3 is 3.20 bits per heavy atom. The van der Waals surface area contributed by atoms with Crippen molar-refractivity contribution < 1.29 is 0 Å². The molecule has 1 aliphatic rings.